The Morgan fingerprint density at radius 2 is 2.10 bits per heavy atom. The highest BCUT2D eigenvalue weighted by Crippen LogP contribution is 2.56. The third-order valence-electron chi connectivity index (χ3n) is 3.97. The molecule has 0 bridgehead atoms. The SMILES string of the molecule is O=C1C(Cl)=C(N2CCOCC2)[C@@]2(O)O[C@@H](CI)C[C@@]12Cl. The molecule has 5 nitrogen and oxygen atoms in total. The Balaban J connectivity index is 2.02. The lowest BCUT2D eigenvalue weighted by Crippen LogP contribution is -2.53. The number of hydrogen-bond donors (Lipinski definition) is 1. The van der Waals surface area contributed by atoms with Crippen molar-refractivity contribution in [3.05, 3.63) is 10.7 Å². The second kappa shape index (κ2) is 5.24. The average molecular weight is 434 g/mol. The predicted molar refractivity (Wildman–Crippen MR) is 82.2 cm³/mol. The molecule has 112 valence electrons. The van der Waals surface area contributed by atoms with Gasteiger partial charge in [-0.25, -0.2) is 0 Å². The summed E-state index contributed by atoms with van der Waals surface area (Å²) in [5.74, 6) is -2.28. The van der Waals surface area contributed by atoms with Crippen LogP contribution in [0.1, 0.15) is 6.42 Å². The van der Waals surface area contributed by atoms with Crippen LogP contribution in [0, 0.1) is 0 Å². The molecule has 1 N–H and O–H groups in total. The smallest absolute Gasteiger partial charge is 0.237 e. The Morgan fingerprint density at radius 1 is 1.45 bits per heavy atom. The molecule has 2 saturated heterocycles. The van der Waals surface area contributed by atoms with Crippen molar-refractivity contribution >= 4 is 51.6 Å². The largest absolute Gasteiger partial charge is 0.378 e. The highest BCUT2D eigenvalue weighted by Gasteiger charge is 2.71. The van der Waals surface area contributed by atoms with Crippen LogP contribution in [0.2, 0.25) is 0 Å². The van der Waals surface area contributed by atoms with Crippen LogP contribution in [0.25, 0.3) is 0 Å². The second-order valence-corrected chi connectivity index (χ2v) is 7.04. The minimum absolute atomic E-state index is 0.0173. The summed E-state index contributed by atoms with van der Waals surface area (Å²) in [7, 11) is 0. The Morgan fingerprint density at radius 3 is 2.70 bits per heavy atom. The van der Waals surface area contributed by atoms with E-state index in [-0.39, 0.29) is 17.6 Å². The molecule has 0 saturated carbocycles. The molecule has 2 heterocycles. The second-order valence-electron chi connectivity index (χ2n) is 5.13. The zero-order chi connectivity index (χ0) is 14.5. The predicted octanol–water partition coefficient (Wildman–Crippen LogP) is 1.24. The number of alkyl halides is 2. The maximum atomic E-state index is 12.4. The van der Waals surface area contributed by atoms with E-state index >= 15 is 0 Å². The number of allylic oxidation sites excluding steroid dienone is 1. The Labute approximate surface area is 140 Å². The first kappa shape index (κ1) is 15.3. The molecule has 0 aromatic carbocycles. The molecule has 0 unspecified atom stereocenters. The molecular weight excluding hydrogens is 420 g/mol. The maximum absolute atomic E-state index is 12.4. The third-order valence-corrected chi connectivity index (χ3v) is 5.89. The van der Waals surface area contributed by atoms with Gasteiger partial charge in [0.25, 0.3) is 0 Å². The summed E-state index contributed by atoms with van der Waals surface area (Å²) in [5.41, 5.74) is 0.301. The van der Waals surface area contributed by atoms with Gasteiger partial charge in [0.15, 0.2) is 4.87 Å². The lowest BCUT2D eigenvalue weighted by Gasteiger charge is -2.38. The van der Waals surface area contributed by atoms with Gasteiger partial charge < -0.3 is 19.5 Å². The molecule has 2 fully saturated rings. The molecule has 3 aliphatic rings. The standard InChI is InChI=1S/C12H14Cl2INO4/c13-8-9(16-1-3-19-4-2-16)12(18)11(14,10(8)17)5-7(6-15)20-12/h7,18H,1-6H2/t7-,11-,12-/m1/s1. The lowest BCUT2D eigenvalue weighted by molar-refractivity contribution is -0.183. The number of rotatable bonds is 2. The van der Waals surface area contributed by atoms with Gasteiger partial charge in [0.1, 0.15) is 5.03 Å². The number of halogens is 3. The number of ether oxygens (including phenoxy) is 2. The van der Waals surface area contributed by atoms with Crippen LogP contribution in [0.3, 0.4) is 0 Å². The van der Waals surface area contributed by atoms with Crippen molar-refractivity contribution in [2.45, 2.75) is 23.2 Å². The monoisotopic (exact) mass is 433 g/mol. The Bertz CT molecular complexity index is 482. The number of carbonyl (C=O) groups is 1. The number of fused-ring (bicyclic) bond motifs is 1. The highest BCUT2D eigenvalue weighted by atomic mass is 127. The van der Waals surface area contributed by atoms with Crippen LogP contribution < -0.4 is 0 Å². The van der Waals surface area contributed by atoms with E-state index in [0.717, 1.165) is 0 Å². The molecule has 1 aliphatic carbocycles. The maximum Gasteiger partial charge on any atom is 0.237 e. The van der Waals surface area contributed by atoms with Gasteiger partial charge in [-0.2, -0.15) is 0 Å². The molecule has 0 amide bonds. The van der Waals surface area contributed by atoms with E-state index in [1.54, 1.807) is 0 Å². The zero-order valence-electron chi connectivity index (χ0n) is 10.6. The fraction of sp³-hybridized carbons (Fsp3) is 0.750. The van der Waals surface area contributed by atoms with Crippen molar-refractivity contribution in [1.29, 1.82) is 0 Å². The number of aliphatic hydroxyl groups is 1. The molecule has 0 radical (unpaired) electrons. The number of carbonyl (C=O) groups excluding carboxylic acids is 1. The summed E-state index contributed by atoms with van der Waals surface area (Å²) in [6.45, 7) is 2.13. The molecular formula is C12H14Cl2INO4. The molecule has 3 atom stereocenters. The van der Waals surface area contributed by atoms with Crippen LogP contribution in [0.4, 0.5) is 0 Å². The van der Waals surface area contributed by atoms with Crippen molar-refractivity contribution in [3.8, 4) is 0 Å². The van der Waals surface area contributed by atoms with Crippen molar-refractivity contribution < 1.29 is 19.4 Å². The van der Waals surface area contributed by atoms with Crippen LogP contribution >= 0.6 is 45.8 Å². The van der Waals surface area contributed by atoms with Crippen LogP contribution in [-0.2, 0) is 14.3 Å². The summed E-state index contributed by atoms with van der Waals surface area (Å²) in [6, 6.07) is 0. The number of nitrogens with zero attached hydrogens (tertiary/aromatic N) is 1. The van der Waals surface area contributed by atoms with Crippen molar-refractivity contribution in [2.24, 2.45) is 0 Å². The van der Waals surface area contributed by atoms with Gasteiger partial charge in [0, 0.05) is 23.9 Å². The van der Waals surface area contributed by atoms with E-state index < -0.39 is 16.4 Å². The van der Waals surface area contributed by atoms with Crippen LogP contribution in [0.5, 0.6) is 0 Å². The minimum atomic E-state index is -1.84. The van der Waals surface area contributed by atoms with Crippen molar-refractivity contribution in [3.63, 3.8) is 0 Å². The molecule has 8 heteroatoms. The number of ketones is 1. The van der Waals surface area contributed by atoms with Crippen LogP contribution in [0.15, 0.2) is 10.7 Å². The highest BCUT2D eigenvalue weighted by molar-refractivity contribution is 14.1. The zero-order valence-corrected chi connectivity index (χ0v) is 14.2. The van der Waals surface area contributed by atoms with Gasteiger partial charge in [0.05, 0.1) is 25.0 Å². The van der Waals surface area contributed by atoms with Gasteiger partial charge in [-0.3, -0.25) is 4.79 Å². The van der Waals surface area contributed by atoms with Gasteiger partial charge in [-0.1, -0.05) is 34.2 Å². The van der Waals surface area contributed by atoms with E-state index in [4.69, 9.17) is 32.7 Å². The quantitative estimate of drug-likeness (QED) is 0.524. The molecule has 3 rings (SSSR count). The van der Waals surface area contributed by atoms with Crippen LogP contribution in [-0.4, -0.2) is 63.3 Å². The summed E-state index contributed by atoms with van der Waals surface area (Å²) in [5, 5.41) is 10.9. The Kier molecular flexibility index (Phi) is 4.01. The van der Waals surface area contributed by atoms with Crippen molar-refractivity contribution in [1.82, 2.24) is 4.90 Å². The normalized spacial score (nSPS) is 41.5. The van der Waals surface area contributed by atoms with E-state index in [2.05, 4.69) is 22.6 Å². The molecule has 0 aromatic heterocycles. The number of hydrogen-bond acceptors (Lipinski definition) is 5. The Hall–Kier alpha value is 0.400. The molecule has 20 heavy (non-hydrogen) atoms. The lowest BCUT2D eigenvalue weighted by atomic mass is 9.95. The minimum Gasteiger partial charge on any atom is -0.378 e. The van der Waals surface area contributed by atoms with Gasteiger partial charge >= 0.3 is 0 Å². The molecule has 2 aliphatic heterocycles. The first-order valence-corrected chi connectivity index (χ1v) is 8.65. The van der Waals surface area contributed by atoms with E-state index in [9.17, 15) is 9.90 Å². The summed E-state index contributed by atoms with van der Waals surface area (Å²) >= 11 is 14.7. The average Bonchev–Trinajstić information content (AvgIpc) is 2.78. The van der Waals surface area contributed by atoms with Gasteiger partial charge in [-0.15, -0.1) is 11.6 Å². The summed E-state index contributed by atoms with van der Waals surface area (Å²) in [4.78, 5) is 12.7. The van der Waals surface area contributed by atoms with E-state index in [1.165, 1.54) is 0 Å². The fourth-order valence-corrected chi connectivity index (χ4v) is 4.32. The van der Waals surface area contributed by atoms with Gasteiger partial charge in [-0.05, 0) is 0 Å². The van der Waals surface area contributed by atoms with E-state index in [0.29, 0.717) is 36.4 Å². The number of Topliss-reactive ketones (excluding diaryl/α,β-unsaturated/α-hetero) is 1. The molecule has 0 spiro atoms. The summed E-state index contributed by atoms with van der Waals surface area (Å²) < 4.78 is 11.6. The fourth-order valence-electron chi connectivity index (χ4n) is 2.97. The summed E-state index contributed by atoms with van der Waals surface area (Å²) in [6.07, 6.45) is -0.000441. The van der Waals surface area contributed by atoms with E-state index in [1.807, 2.05) is 4.90 Å². The van der Waals surface area contributed by atoms with Gasteiger partial charge in [0.2, 0.25) is 11.6 Å². The topological polar surface area (TPSA) is 59.0 Å². The molecule has 0 aromatic rings. The number of morpholine rings is 1. The third kappa shape index (κ3) is 1.95. The van der Waals surface area contributed by atoms with Crippen molar-refractivity contribution in [2.75, 3.05) is 30.7 Å². The first-order chi connectivity index (χ1) is 9.44. The first-order valence-electron chi connectivity index (χ1n) is 6.37.